The van der Waals surface area contributed by atoms with Crippen LogP contribution in [0.2, 0.25) is 0 Å². The van der Waals surface area contributed by atoms with Gasteiger partial charge in [-0.05, 0) is 93.1 Å². The third-order valence-corrected chi connectivity index (χ3v) is 11.8. The van der Waals surface area contributed by atoms with Gasteiger partial charge in [-0.1, -0.05) is 57.6 Å². The molecule has 210 valence electrons. The molecule has 6 atom stereocenters. The molecule has 0 spiro atoms. The molecule has 7 rings (SSSR count). The average molecular weight is 532 g/mol. The third-order valence-electron chi connectivity index (χ3n) is 11.8. The SMILES string of the molecule is CC1CCC2CC(n3c(=O)c(C(=O)O)nc4ccccc43)CC1N2C1CC2CCC(CC(C3CCCC3)C2)C1. The van der Waals surface area contributed by atoms with Crippen LogP contribution >= 0.6 is 0 Å². The normalized spacial score (nSPS) is 37.6. The van der Waals surface area contributed by atoms with Crippen molar-refractivity contribution in [3.05, 3.63) is 40.3 Å². The summed E-state index contributed by atoms with van der Waals surface area (Å²) in [6.45, 7) is 2.42. The first kappa shape index (κ1) is 25.7. The number of rotatable bonds is 4. The summed E-state index contributed by atoms with van der Waals surface area (Å²) in [5.74, 6) is 3.11. The van der Waals surface area contributed by atoms with E-state index < -0.39 is 11.5 Å². The van der Waals surface area contributed by atoms with Crippen LogP contribution in [0.1, 0.15) is 113 Å². The molecule has 5 fully saturated rings. The number of aromatic carboxylic acids is 1. The Labute approximate surface area is 232 Å². The summed E-state index contributed by atoms with van der Waals surface area (Å²) in [5, 5.41) is 9.77. The summed E-state index contributed by atoms with van der Waals surface area (Å²) < 4.78 is 1.81. The molecule has 5 aliphatic rings. The Hall–Kier alpha value is -2.21. The number of piperidine rings is 2. The zero-order valence-corrected chi connectivity index (χ0v) is 23.5. The van der Waals surface area contributed by atoms with Crippen LogP contribution in [0.4, 0.5) is 0 Å². The van der Waals surface area contributed by atoms with Gasteiger partial charge in [-0.25, -0.2) is 9.78 Å². The first-order chi connectivity index (χ1) is 19.0. The lowest BCUT2D eigenvalue weighted by Gasteiger charge is -2.56. The molecule has 1 aromatic carbocycles. The number of hydrogen-bond donors (Lipinski definition) is 1. The van der Waals surface area contributed by atoms with E-state index in [2.05, 4.69) is 16.8 Å². The highest BCUT2D eigenvalue weighted by atomic mass is 16.4. The first-order valence-corrected chi connectivity index (χ1v) is 16.0. The van der Waals surface area contributed by atoms with Gasteiger partial charge in [0.15, 0.2) is 0 Å². The number of carboxylic acid groups (broad SMARTS) is 1. The van der Waals surface area contributed by atoms with Crippen LogP contribution in [-0.2, 0) is 0 Å². The van der Waals surface area contributed by atoms with E-state index in [1.54, 1.807) is 0 Å². The predicted octanol–water partition coefficient (Wildman–Crippen LogP) is 6.67. The van der Waals surface area contributed by atoms with E-state index in [0.717, 1.165) is 42.0 Å². The van der Waals surface area contributed by atoms with Gasteiger partial charge < -0.3 is 9.67 Å². The minimum atomic E-state index is -1.23. The summed E-state index contributed by atoms with van der Waals surface area (Å²) in [6.07, 6.45) is 18.7. The Morgan fingerprint density at radius 3 is 2.26 bits per heavy atom. The average Bonchev–Trinajstić information content (AvgIpc) is 3.29. The zero-order chi connectivity index (χ0) is 26.7. The smallest absolute Gasteiger partial charge is 0.360 e. The van der Waals surface area contributed by atoms with Gasteiger partial charge in [0.05, 0.1) is 11.0 Å². The molecule has 2 aliphatic heterocycles. The summed E-state index contributed by atoms with van der Waals surface area (Å²) in [6, 6.07) is 9.21. The molecule has 6 nitrogen and oxygen atoms in total. The number of fused-ring (bicyclic) bond motifs is 6. The molecular weight excluding hydrogens is 486 g/mol. The topological polar surface area (TPSA) is 75.4 Å². The Kier molecular flexibility index (Phi) is 6.81. The lowest BCUT2D eigenvalue weighted by Crippen LogP contribution is -2.60. The van der Waals surface area contributed by atoms with Crippen molar-refractivity contribution in [2.45, 2.75) is 121 Å². The van der Waals surface area contributed by atoms with Gasteiger partial charge in [0.25, 0.3) is 5.56 Å². The molecule has 3 aliphatic carbocycles. The summed E-state index contributed by atoms with van der Waals surface area (Å²) in [4.78, 5) is 32.7. The van der Waals surface area contributed by atoms with Crippen LogP contribution in [0.3, 0.4) is 0 Å². The van der Waals surface area contributed by atoms with Crippen LogP contribution in [-0.4, -0.2) is 43.7 Å². The fraction of sp³-hybridized carbons (Fsp3) is 0.727. The van der Waals surface area contributed by atoms with Gasteiger partial charge in [0.1, 0.15) is 0 Å². The number of carbonyl (C=O) groups is 1. The van der Waals surface area contributed by atoms with Crippen molar-refractivity contribution in [2.75, 3.05) is 0 Å². The quantitative estimate of drug-likeness (QED) is 0.477. The number of nitrogens with zero attached hydrogens (tertiary/aromatic N) is 3. The van der Waals surface area contributed by atoms with E-state index >= 15 is 0 Å². The molecule has 1 aromatic heterocycles. The van der Waals surface area contributed by atoms with E-state index in [9.17, 15) is 14.7 Å². The highest BCUT2D eigenvalue weighted by Gasteiger charge is 2.48. The Morgan fingerprint density at radius 1 is 0.821 bits per heavy atom. The Morgan fingerprint density at radius 2 is 1.54 bits per heavy atom. The number of para-hydroxylation sites is 2. The highest BCUT2D eigenvalue weighted by molar-refractivity contribution is 5.88. The van der Waals surface area contributed by atoms with Gasteiger partial charge in [-0.2, -0.15) is 0 Å². The van der Waals surface area contributed by atoms with Gasteiger partial charge in [-0.15, -0.1) is 0 Å². The number of hydrogen-bond acceptors (Lipinski definition) is 4. The number of benzene rings is 1. The maximum Gasteiger partial charge on any atom is 0.360 e. The van der Waals surface area contributed by atoms with E-state index in [0.29, 0.717) is 29.6 Å². The second-order valence-corrected chi connectivity index (χ2v) is 14.0. The maximum atomic E-state index is 13.5. The van der Waals surface area contributed by atoms with Crippen molar-refractivity contribution in [2.24, 2.45) is 29.6 Å². The molecule has 6 heteroatoms. The van der Waals surface area contributed by atoms with Gasteiger partial charge in [-0.3, -0.25) is 9.69 Å². The van der Waals surface area contributed by atoms with Gasteiger partial charge in [0.2, 0.25) is 5.69 Å². The molecule has 2 saturated heterocycles. The van der Waals surface area contributed by atoms with Crippen molar-refractivity contribution >= 4 is 17.0 Å². The molecule has 1 N–H and O–H groups in total. The molecule has 3 heterocycles. The second-order valence-electron chi connectivity index (χ2n) is 14.0. The third kappa shape index (κ3) is 4.65. The second kappa shape index (κ2) is 10.3. The van der Waals surface area contributed by atoms with Crippen LogP contribution < -0.4 is 5.56 Å². The van der Waals surface area contributed by atoms with E-state index in [1.807, 2.05) is 28.8 Å². The van der Waals surface area contributed by atoms with Crippen molar-refractivity contribution < 1.29 is 9.90 Å². The lowest BCUT2D eigenvalue weighted by atomic mass is 9.71. The van der Waals surface area contributed by atoms with E-state index in [-0.39, 0.29) is 11.7 Å². The van der Waals surface area contributed by atoms with Crippen LogP contribution in [0.15, 0.2) is 29.1 Å². The van der Waals surface area contributed by atoms with Crippen LogP contribution in [0.5, 0.6) is 0 Å². The standard InChI is InChI=1S/C33H45N3O3/c1-20-10-13-25-18-27(36-29-9-5-4-8-28(29)34-31(32(36)37)33(38)39)19-30(20)35(25)26-16-21-11-12-22(17-26)15-24(14-21)23-6-2-3-7-23/h4-5,8-9,20-27,30H,2-3,6-7,10-19H2,1H3,(H,38,39). The van der Waals surface area contributed by atoms with Crippen molar-refractivity contribution in [3.63, 3.8) is 0 Å². The molecule has 0 radical (unpaired) electrons. The number of carboxylic acids is 1. The molecule has 39 heavy (non-hydrogen) atoms. The molecule has 2 aromatic rings. The summed E-state index contributed by atoms with van der Waals surface area (Å²) >= 11 is 0. The van der Waals surface area contributed by atoms with Crippen LogP contribution in [0.25, 0.3) is 11.0 Å². The monoisotopic (exact) mass is 531 g/mol. The minimum absolute atomic E-state index is 0.0227. The molecule has 3 saturated carbocycles. The van der Waals surface area contributed by atoms with Crippen molar-refractivity contribution in [1.82, 2.24) is 14.5 Å². The van der Waals surface area contributed by atoms with Crippen LogP contribution in [0, 0.1) is 29.6 Å². The summed E-state index contributed by atoms with van der Waals surface area (Å²) in [5.41, 5.74) is 0.595. The molecule has 4 bridgehead atoms. The van der Waals surface area contributed by atoms with Gasteiger partial charge in [0, 0.05) is 24.2 Å². The van der Waals surface area contributed by atoms with E-state index in [4.69, 9.17) is 0 Å². The van der Waals surface area contributed by atoms with Gasteiger partial charge >= 0.3 is 5.97 Å². The highest BCUT2D eigenvalue weighted by Crippen LogP contribution is 2.50. The maximum absolute atomic E-state index is 13.5. The first-order valence-electron chi connectivity index (χ1n) is 16.0. The Balaban J connectivity index is 1.18. The zero-order valence-electron chi connectivity index (χ0n) is 23.5. The largest absolute Gasteiger partial charge is 0.476 e. The fourth-order valence-electron chi connectivity index (χ4n) is 10.1. The predicted molar refractivity (Wildman–Crippen MR) is 153 cm³/mol. The Bertz CT molecular complexity index is 1270. The number of aromatic nitrogens is 2. The van der Waals surface area contributed by atoms with Crippen molar-refractivity contribution in [3.8, 4) is 0 Å². The van der Waals surface area contributed by atoms with E-state index in [1.165, 1.54) is 77.0 Å². The fourth-order valence-corrected chi connectivity index (χ4v) is 10.1. The van der Waals surface area contributed by atoms with Crippen molar-refractivity contribution in [1.29, 1.82) is 0 Å². The molecule has 0 amide bonds. The lowest BCUT2D eigenvalue weighted by molar-refractivity contribution is -0.0567. The molecule has 6 unspecified atom stereocenters. The molecular formula is C33H45N3O3. The minimum Gasteiger partial charge on any atom is -0.476 e. The summed E-state index contributed by atoms with van der Waals surface area (Å²) in [7, 11) is 0.